The Morgan fingerprint density at radius 2 is 1.18 bits per heavy atom. The first kappa shape index (κ1) is 17.3. The van der Waals surface area contributed by atoms with Crippen molar-refractivity contribution in [2.75, 3.05) is 6.16 Å². The second-order valence-corrected chi connectivity index (χ2v) is 11.8. The summed E-state index contributed by atoms with van der Waals surface area (Å²) < 4.78 is 12.5. The SMILES string of the molecule is Cc1ccc(O[PH](Br)(CC(C)C)Oc2ccc(C)cc2)cc1. The van der Waals surface area contributed by atoms with Gasteiger partial charge in [-0.3, -0.25) is 0 Å². The molecule has 0 saturated heterocycles. The molecule has 0 atom stereocenters. The molecule has 0 unspecified atom stereocenters. The van der Waals surface area contributed by atoms with E-state index in [1.807, 2.05) is 24.3 Å². The zero-order valence-electron chi connectivity index (χ0n) is 13.6. The van der Waals surface area contributed by atoms with E-state index in [1.165, 1.54) is 11.1 Å². The normalized spacial score (nSPS) is 12.3. The van der Waals surface area contributed by atoms with Crippen LogP contribution in [0.25, 0.3) is 0 Å². The molecule has 0 radical (unpaired) electrons. The van der Waals surface area contributed by atoms with Crippen molar-refractivity contribution in [3.8, 4) is 11.5 Å². The van der Waals surface area contributed by atoms with Gasteiger partial charge in [-0.15, -0.1) is 0 Å². The summed E-state index contributed by atoms with van der Waals surface area (Å²) in [4.78, 5) is 0. The van der Waals surface area contributed by atoms with Gasteiger partial charge in [-0.25, -0.2) is 0 Å². The van der Waals surface area contributed by atoms with E-state index in [1.54, 1.807) is 0 Å². The van der Waals surface area contributed by atoms with Crippen LogP contribution >= 0.6 is 21.9 Å². The molecular formula is C18H24BrO2P. The monoisotopic (exact) mass is 382 g/mol. The molecule has 0 heterocycles. The van der Waals surface area contributed by atoms with Gasteiger partial charge < -0.3 is 0 Å². The van der Waals surface area contributed by atoms with E-state index in [0.717, 1.165) is 17.7 Å². The van der Waals surface area contributed by atoms with Crippen molar-refractivity contribution in [2.45, 2.75) is 27.7 Å². The molecular weight excluding hydrogens is 359 g/mol. The number of halogens is 1. The first-order chi connectivity index (χ1) is 10.4. The molecule has 22 heavy (non-hydrogen) atoms. The average molecular weight is 383 g/mol. The predicted octanol–water partition coefficient (Wildman–Crippen LogP) is 6.31. The molecule has 0 bridgehead atoms. The summed E-state index contributed by atoms with van der Waals surface area (Å²) in [5, 5.41) is 0. The van der Waals surface area contributed by atoms with Gasteiger partial charge in [0.2, 0.25) is 0 Å². The van der Waals surface area contributed by atoms with Crippen LogP contribution in [0.3, 0.4) is 0 Å². The van der Waals surface area contributed by atoms with Crippen LogP contribution in [0.2, 0.25) is 0 Å². The summed E-state index contributed by atoms with van der Waals surface area (Å²) in [6.07, 6.45) is -1.65. The van der Waals surface area contributed by atoms with Gasteiger partial charge in [0.15, 0.2) is 0 Å². The third-order valence-electron chi connectivity index (χ3n) is 3.23. The predicted molar refractivity (Wildman–Crippen MR) is 101 cm³/mol. The Bertz CT molecular complexity index is 546. The molecule has 2 aromatic carbocycles. The molecule has 0 aliphatic heterocycles. The Labute approximate surface area is 142 Å². The van der Waals surface area contributed by atoms with Gasteiger partial charge in [-0.1, -0.05) is 0 Å². The van der Waals surface area contributed by atoms with E-state index in [-0.39, 0.29) is 0 Å². The molecule has 4 heteroatoms. The van der Waals surface area contributed by atoms with E-state index in [2.05, 4.69) is 67.4 Å². The molecule has 0 saturated carbocycles. The van der Waals surface area contributed by atoms with Crippen molar-refractivity contribution in [3.05, 3.63) is 59.7 Å². The Morgan fingerprint density at radius 1 is 0.818 bits per heavy atom. The summed E-state index contributed by atoms with van der Waals surface area (Å²) in [7, 11) is 0. The third kappa shape index (κ3) is 5.30. The Hall–Kier alpha value is -1.05. The van der Waals surface area contributed by atoms with E-state index in [0.29, 0.717) is 5.92 Å². The van der Waals surface area contributed by atoms with E-state index in [4.69, 9.17) is 9.05 Å². The fraction of sp³-hybridized carbons (Fsp3) is 0.333. The van der Waals surface area contributed by atoms with Crippen molar-refractivity contribution >= 4 is 21.9 Å². The maximum absolute atomic E-state index is 6.24. The van der Waals surface area contributed by atoms with Gasteiger partial charge >= 0.3 is 142 Å². The zero-order chi connectivity index (χ0) is 16.2. The number of aryl methyl sites for hydroxylation is 2. The van der Waals surface area contributed by atoms with E-state index < -0.39 is 6.42 Å². The topological polar surface area (TPSA) is 18.5 Å². The fourth-order valence-electron chi connectivity index (χ4n) is 2.16. The molecule has 0 amide bonds. The van der Waals surface area contributed by atoms with Crippen molar-refractivity contribution in [2.24, 2.45) is 5.92 Å². The van der Waals surface area contributed by atoms with Crippen LogP contribution in [0.5, 0.6) is 11.5 Å². The summed E-state index contributed by atoms with van der Waals surface area (Å²) in [6.45, 7) is 8.50. The summed E-state index contributed by atoms with van der Waals surface area (Å²) >= 11 is 3.79. The molecule has 0 spiro atoms. The number of hydrogen-bond acceptors (Lipinski definition) is 2. The van der Waals surface area contributed by atoms with Gasteiger partial charge in [-0.05, 0) is 0 Å². The Balaban J connectivity index is 2.18. The van der Waals surface area contributed by atoms with E-state index in [9.17, 15) is 0 Å². The molecule has 0 fully saturated rings. The van der Waals surface area contributed by atoms with Gasteiger partial charge in [0, 0.05) is 0 Å². The van der Waals surface area contributed by atoms with Crippen LogP contribution in [-0.4, -0.2) is 6.16 Å². The van der Waals surface area contributed by atoms with Gasteiger partial charge in [0.25, 0.3) is 0 Å². The minimum absolute atomic E-state index is 0.488. The zero-order valence-corrected chi connectivity index (χ0v) is 16.2. The van der Waals surface area contributed by atoms with Gasteiger partial charge in [0.1, 0.15) is 0 Å². The van der Waals surface area contributed by atoms with Crippen molar-refractivity contribution < 1.29 is 9.05 Å². The molecule has 120 valence electrons. The molecule has 0 aliphatic carbocycles. The second kappa shape index (κ2) is 7.48. The van der Waals surface area contributed by atoms with Crippen LogP contribution in [0.15, 0.2) is 48.5 Å². The standard InChI is InChI=1S/C18H24BrO2P/c1-14(2)13-22(19,20-17-9-5-15(3)6-10-17)21-18-11-7-16(4)8-12-18/h5-12,14,22H,13H2,1-4H3. The molecule has 0 N–H and O–H groups in total. The first-order valence-electron chi connectivity index (χ1n) is 7.56. The third-order valence-corrected chi connectivity index (χ3v) is 7.56. The Morgan fingerprint density at radius 3 is 1.50 bits per heavy atom. The van der Waals surface area contributed by atoms with Crippen molar-refractivity contribution in [1.82, 2.24) is 0 Å². The quantitative estimate of drug-likeness (QED) is 0.545. The van der Waals surface area contributed by atoms with Crippen LogP contribution < -0.4 is 9.05 Å². The van der Waals surface area contributed by atoms with Crippen LogP contribution in [0.4, 0.5) is 0 Å². The van der Waals surface area contributed by atoms with Gasteiger partial charge in [-0.2, -0.15) is 0 Å². The maximum atomic E-state index is 6.24. The first-order valence-corrected chi connectivity index (χ1v) is 11.8. The molecule has 2 rings (SSSR count). The summed E-state index contributed by atoms with van der Waals surface area (Å²) in [5.41, 5.74) is 2.44. The van der Waals surface area contributed by atoms with Crippen molar-refractivity contribution in [3.63, 3.8) is 0 Å². The van der Waals surface area contributed by atoms with Gasteiger partial charge in [0.05, 0.1) is 0 Å². The Kier molecular flexibility index (Phi) is 5.88. The van der Waals surface area contributed by atoms with Crippen molar-refractivity contribution in [1.29, 1.82) is 0 Å². The number of benzene rings is 2. The van der Waals surface area contributed by atoms with Crippen LogP contribution in [-0.2, 0) is 0 Å². The summed E-state index contributed by atoms with van der Waals surface area (Å²) in [5.74, 6) is 2.19. The number of rotatable bonds is 6. The summed E-state index contributed by atoms with van der Waals surface area (Å²) in [6, 6.07) is 16.2. The fourth-order valence-corrected chi connectivity index (χ4v) is 7.38. The molecule has 0 aliphatic rings. The van der Waals surface area contributed by atoms with Crippen LogP contribution in [0, 0.1) is 19.8 Å². The molecule has 2 nitrogen and oxygen atoms in total. The molecule has 2 aromatic rings. The average Bonchev–Trinajstić information content (AvgIpc) is 2.43. The van der Waals surface area contributed by atoms with E-state index >= 15 is 0 Å². The second-order valence-electron chi connectivity index (χ2n) is 6.09. The number of hydrogen-bond donors (Lipinski definition) is 0. The minimum atomic E-state index is -2.52. The van der Waals surface area contributed by atoms with Crippen LogP contribution in [0.1, 0.15) is 25.0 Å². The molecule has 0 aromatic heterocycles.